The van der Waals surface area contributed by atoms with Crippen molar-refractivity contribution in [3.05, 3.63) is 79.8 Å². The Bertz CT molecular complexity index is 1180. The molecule has 2 aromatic carbocycles. The van der Waals surface area contributed by atoms with Crippen LogP contribution in [0.5, 0.6) is 5.75 Å². The van der Waals surface area contributed by atoms with Gasteiger partial charge in [0.25, 0.3) is 0 Å². The standard InChI is InChI=1S/C29H36ClIN4O2/c1-18(2)15-25(29(36)32-16-21-9-13-24(37-6)14-10-21)35(17-22-7-11-23(30)12-8-22)28-26(31)20(5)33-27(34-28)19(3)4/h7-14,18-19,25H,15-17H2,1-6H3,(H,32,36). The van der Waals surface area contributed by atoms with Crippen LogP contribution in [-0.4, -0.2) is 29.0 Å². The molecule has 0 aliphatic heterocycles. The average Bonchev–Trinajstić information content (AvgIpc) is 2.87. The van der Waals surface area contributed by atoms with Gasteiger partial charge in [0, 0.05) is 24.0 Å². The molecule has 1 atom stereocenters. The molecule has 0 radical (unpaired) electrons. The number of ether oxygens (including phenoxy) is 1. The molecule has 1 amide bonds. The molecule has 1 N–H and O–H groups in total. The maximum absolute atomic E-state index is 13.8. The highest BCUT2D eigenvalue weighted by atomic mass is 127. The van der Waals surface area contributed by atoms with Gasteiger partial charge in [0.05, 0.1) is 16.4 Å². The van der Waals surface area contributed by atoms with E-state index in [0.717, 1.165) is 37.8 Å². The topological polar surface area (TPSA) is 67.3 Å². The zero-order valence-electron chi connectivity index (χ0n) is 22.4. The highest BCUT2D eigenvalue weighted by Gasteiger charge is 2.30. The maximum Gasteiger partial charge on any atom is 0.243 e. The molecule has 0 saturated carbocycles. The lowest BCUT2D eigenvalue weighted by Crippen LogP contribution is -2.48. The van der Waals surface area contributed by atoms with E-state index in [0.29, 0.717) is 30.5 Å². The van der Waals surface area contributed by atoms with Crippen LogP contribution in [0, 0.1) is 16.4 Å². The van der Waals surface area contributed by atoms with Crippen LogP contribution in [0.4, 0.5) is 5.82 Å². The minimum absolute atomic E-state index is 0.0309. The Balaban J connectivity index is 2.01. The number of methoxy groups -OCH3 is 1. The molecule has 0 fully saturated rings. The number of anilines is 1. The zero-order valence-corrected chi connectivity index (χ0v) is 25.3. The molecule has 0 aliphatic rings. The Hall–Kier alpha value is -2.39. The molecule has 0 bridgehead atoms. The fourth-order valence-electron chi connectivity index (χ4n) is 4.01. The van der Waals surface area contributed by atoms with Crippen molar-refractivity contribution in [2.75, 3.05) is 12.0 Å². The number of carbonyl (C=O) groups excluding carboxylic acids is 1. The quantitative estimate of drug-likeness (QED) is 0.232. The van der Waals surface area contributed by atoms with Gasteiger partial charge < -0.3 is 15.0 Å². The van der Waals surface area contributed by atoms with Gasteiger partial charge in [0.1, 0.15) is 23.4 Å². The number of rotatable bonds is 11. The molecule has 3 rings (SSSR count). The van der Waals surface area contributed by atoms with Gasteiger partial charge in [-0.25, -0.2) is 9.97 Å². The van der Waals surface area contributed by atoms with Crippen LogP contribution < -0.4 is 15.0 Å². The molecule has 3 aromatic rings. The molecule has 6 nitrogen and oxygen atoms in total. The van der Waals surface area contributed by atoms with Crippen molar-refractivity contribution in [1.82, 2.24) is 15.3 Å². The maximum atomic E-state index is 13.8. The Kier molecular flexibility index (Phi) is 10.6. The molecule has 1 heterocycles. The van der Waals surface area contributed by atoms with Gasteiger partial charge in [-0.15, -0.1) is 0 Å². The first-order valence-corrected chi connectivity index (χ1v) is 14.0. The number of benzene rings is 2. The van der Waals surface area contributed by atoms with Crippen LogP contribution in [-0.2, 0) is 17.9 Å². The number of aryl methyl sites for hydroxylation is 1. The summed E-state index contributed by atoms with van der Waals surface area (Å²) in [6.07, 6.45) is 0.679. The number of hydrogen-bond acceptors (Lipinski definition) is 5. The summed E-state index contributed by atoms with van der Waals surface area (Å²) in [5.74, 6) is 2.79. The molecule has 1 unspecified atom stereocenters. The van der Waals surface area contributed by atoms with Gasteiger partial charge in [-0.1, -0.05) is 63.6 Å². The summed E-state index contributed by atoms with van der Waals surface area (Å²) in [5, 5.41) is 3.85. The second-order valence-electron chi connectivity index (χ2n) is 9.93. The molecule has 8 heteroatoms. The summed E-state index contributed by atoms with van der Waals surface area (Å²) in [7, 11) is 1.64. The molecule has 37 heavy (non-hydrogen) atoms. The Morgan fingerprint density at radius 3 is 2.22 bits per heavy atom. The van der Waals surface area contributed by atoms with E-state index >= 15 is 0 Å². The van der Waals surface area contributed by atoms with Crippen molar-refractivity contribution in [3.8, 4) is 5.75 Å². The van der Waals surface area contributed by atoms with E-state index < -0.39 is 6.04 Å². The lowest BCUT2D eigenvalue weighted by molar-refractivity contribution is -0.123. The van der Waals surface area contributed by atoms with E-state index in [-0.39, 0.29) is 11.8 Å². The molecule has 198 valence electrons. The van der Waals surface area contributed by atoms with Gasteiger partial charge >= 0.3 is 0 Å². The summed E-state index contributed by atoms with van der Waals surface area (Å²) in [6, 6.07) is 15.1. The van der Waals surface area contributed by atoms with E-state index in [2.05, 4.69) is 60.5 Å². The molecule has 0 spiro atoms. The van der Waals surface area contributed by atoms with Crippen molar-refractivity contribution in [3.63, 3.8) is 0 Å². The first-order valence-electron chi connectivity index (χ1n) is 12.5. The largest absolute Gasteiger partial charge is 0.497 e. The number of carbonyl (C=O) groups is 1. The summed E-state index contributed by atoms with van der Waals surface area (Å²) < 4.78 is 6.20. The van der Waals surface area contributed by atoms with E-state index in [1.54, 1.807) is 7.11 Å². The van der Waals surface area contributed by atoms with Crippen LogP contribution >= 0.6 is 34.2 Å². The van der Waals surface area contributed by atoms with Gasteiger partial charge in [-0.2, -0.15) is 0 Å². The Labute approximate surface area is 239 Å². The summed E-state index contributed by atoms with van der Waals surface area (Å²) in [5.41, 5.74) is 2.98. The number of nitrogens with one attached hydrogen (secondary N) is 1. The van der Waals surface area contributed by atoms with Crippen molar-refractivity contribution < 1.29 is 9.53 Å². The molecule has 1 aromatic heterocycles. The van der Waals surface area contributed by atoms with Gasteiger partial charge in [-0.05, 0) is 77.2 Å². The van der Waals surface area contributed by atoms with Gasteiger partial charge in [0.2, 0.25) is 5.91 Å². The molecular formula is C29H36ClIN4O2. The minimum atomic E-state index is -0.420. The van der Waals surface area contributed by atoms with Crippen LogP contribution in [0.1, 0.15) is 62.7 Å². The second kappa shape index (κ2) is 13.4. The average molecular weight is 635 g/mol. The Morgan fingerprint density at radius 2 is 1.65 bits per heavy atom. The Morgan fingerprint density at radius 1 is 1.03 bits per heavy atom. The highest BCUT2D eigenvalue weighted by Crippen LogP contribution is 2.30. The number of amides is 1. The smallest absolute Gasteiger partial charge is 0.243 e. The second-order valence-corrected chi connectivity index (χ2v) is 11.4. The van der Waals surface area contributed by atoms with E-state index in [1.165, 1.54) is 0 Å². The molecule has 0 aliphatic carbocycles. The predicted octanol–water partition coefficient (Wildman–Crippen LogP) is 6.91. The van der Waals surface area contributed by atoms with E-state index in [1.807, 2.05) is 55.5 Å². The SMILES string of the molecule is COc1ccc(CNC(=O)C(CC(C)C)N(Cc2ccc(Cl)cc2)c2nc(C(C)C)nc(C)c2I)cc1. The lowest BCUT2D eigenvalue weighted by atomic mass is 10.00. The van der Waals surface area contributed by atoms with Gasteiger partial charge in [-0.3, -0.25) is 4.79 Å². The minimum Gasteiger partial charge on any atom is -0.497 e. The summed E-state index contributed by atoms with van der Waals surface area (Å²) in [4.78, 5) is 25.6. The van der Waals surface area contributed by atoms with Crippen molar-refractivity contribution >= 4 is 45.9 Å². The van der Waals surface area contributed by atoms with Crippen molar-refractivity contribution in [2.45, 2.75) is 66.1 Å². The highest BCUT2D eigenvalue weighted by molar-refractivity contribution is 14.1. The summed E-state index contributed by atoms with van der Waals surface area (Å²) >= 11 is 8.46. The van der Waals surface area contributed by atoms with E-state index in [9.17, 15) is 4.79 Å². The van der Waals surface area contributed by atoms with Gasteiger partial charge in [0.15, 0.2) is 0 Å². The number of nitrogens with zero attached hydrogens (tertiary/aromatic N) is 3. The third kappa shape index (κ3) is 8.04. The van der Waals surface area contributed by atoms with E-state index in [4.69, 9.17) is 26.3 Å². The van der Waals surface area contributed by atoms with Crippen LogP contribution in [0.15, 0.2) is 48.5 Å². The lowest BCUT2D eigenvalue weighted by Gasteiger charge is -2.34. The monoisotopic (exact) mass is 634 g/mol. The predicted molar refractivity (Wildman–Crippen MR) is 159 cm³/mol. The van der Waals surface area contributed by atoms with Crippen molar-refractivity contribution in [2.24, 2.45) is 5.92 Å². The molecular weight excluding hydrogens is 599 g/mol. The van der Waals surface area contributed by atoms with Crippen LogP contribution in [0.3, 0.4) is 0 Å². The third-order valence-electron chi connectivity index (χ3n) is 6.07. The normalized spacial score (nSPS) is 12.1. The zero-order chi connectivity index (χ0) is 27.1. The first kappa shape index (κ1) is 29.2. The number of hydrogen-bond donors (Lipinski definition) is 1. The van der Waals surface area contributed by atoms with Crippen LogP contribution in [0.2, 0.25) is 5.02 Å². The van der Waals surface area contributed by atoms with Crippen LogP contribution in [0.25, 0.3) is 0 Å². The van der Waals surface area contributed by atoms with Crippen molar-refractivity contribution in [1.29, 1.82) is 0 Å². The number of halogens is 2. The number of aromatic nitrogens is 2. The third-order valence-corrected chi connectivity index (χ3v) is 7.59. The fraction of sp³-hybridized carbons (Fsp3) is 0.414. The molecule has 0 saturated heterocycles. The first-order chi connectivity index (χ1) is 17.6. The fourth-order valence-corrected chi connectivity index (χ4v) is 4.68. The summed E-state index contributed by atoms with van der Waals surface area (Å²) in [6.45, 7) is 11.4.